The van der Waals surface area contributed by atoms with Crippen LogP contribution in [0.15, 0.2) is 12.3 Å². The summed E-state index contributed by atoms with van der Waals surface area (Å²) in [6.07, 6.45) is 7.01. The first kappa shape index (κ1) is 10.4. The topological polar surface area (TPSA) is 55.0 Å². The van der Waals surface area contributed by atoms with E-state index in [0.717, 1.165) is 11.6 Å². The van der Waals surface area contributed by atoms with E-state index in [4.69, 9.17) is 5.73 Å². The van der Waals surface area contributed by atoms with Crippen LogP contribution in [-0.2, 0) is 6.54 Å². The van der Waals surface area contributed by atoms with Crippen LogP contribution < -0.4 is 10.6 Å². The first-order chi connectivity index (χ1) is 7.31. The van der Waals surface area contributed by atoms with E-state index in [1.54, 1.807) is 6.20 Å². The Hall–Kier alpha value is -1.16. The molecule has 1 aromatic heterocycles. The molecule has 1 saturated carbocycles. The summed E-state index contributed by atoms with van der Waals surface area (Å²) in [5.74, 6) is 1.72. The molecule has 0 aliphatic heterocycles. The fourth-order valence-electron chi connectivity index (χ4n) is 2.16. The third-order valence-electron chi connectivity index (χ3n) is 3.11. The van der Waals surface area contributed by atoms with Gasteiger partial charge in [-0.25, -0.2) is 9.97 Å². The van der Waals surface area contributed by atoms with Crippen LogP contribution in [-0.4, -0.2) is 23.1 Å². The zero-order valence-electron chi connectivity index (χ0n) is 9.19. The molecule has 82 valence electrons. The highest BCUT2D eigenvalue weighted by atomic mass is 15.2. The minimum Gasteiger partial charge on any atom is -0.357 e. The molecule has 1 aliphatic rings. The molecule has 0 bridgehead atoms. The molecule has 4 nitrogen and oxygen atoms in total. The van der Waals surface area contributed by atoms with E-state index in [-0.39, 0.29) is 0 Å². The fraction of sp³-hybridized carbons (Fsp3) is 0.636. The SMILES string of the molecule is CN(c1ccnc(CN)n1)C1CCCC1. The molecule has 0 spiro atoms. The van der Waals surface area contributed by atoms with Crippen molar-refractivity contribution < 1.29 is 0 Å². The third-order valence-corrected chi connectivity index (χ3v) is 3.11. The molecule has 0 saturated heterocycles. The Morgan fingerprint density at radius 2 is 2.20 bits per heavy atom. The van der Waals surface area contributed by atoms with Crippen LogP contribution >= 0.6 is 0 Å². The zero-order valence-corrected chi connectivity index (χ0v) is 9.19. The van der Waals surface area contributed by atoms with E-state index < -0.39 is 0 Å². The van der Waals surface area contributed by atoms with Crippen molar-refractivity contribution >= 4 is 5.82 Å². The van der Waals surface area contributed by atoms with Crippen molar-refractivity contribution in [1.29, 1.82) is 0 Å². The van der Waals surface area contributed by atoms with E-state index >= 15 is 0 Å². The maximum absolute atomic E-state index is 5.53. The highest BCUT2D eigenvalue weighted by Gasteiger charge is 2.20. The lowest BCUT2D eigenvalue weighted by Crippen LogP contribution is -2.29. The average Bonchev–Trinajstić information content (AvgIpc) is 2.81. The van der Waals surface area contributed by atoms with E-state index in [1.165, 1.54) is 25.7 Å². The molecule has 0 radical (unpaired) electrons. The quantitative estimate of drug-likeness (QED) is 0.810. The van der Waals surface area contributed by atoms with Gasteiger partial charge in [-0.2, -0.15) is 0 Å². The number of rotatable bonds is 3. The summed E-state index contributed by atoms with van der Waals surface area (Å²) in [7, 11) is 2.11. The highest BCUT2D eigenvalue weighted by molar-refractivity contribution is 5.37. The van der Waals surface area contributed by atoms with Crippen molar-refractivity contribution in [2.45, 2.75) is 38.3 Å². The normalized spacial score (nSPS) is 16.9. The molecular weight excluding hydrogens is 188 g/mol. The van der Waals surface area contributed by atoms with Crippen molar-refractivity contribution in [3.63, 3.8) is 0 Å². The van der Waals surface area contributed by atoms with Gasteiger partial charge in [-0.3, -0.25) is 0 Å². The van der Waals surface area contributed by atoms with Gasteiger partial charge in [0.25, 0.3) is 0 Å². The number of nitrogens with zero attached hydrogens (tertiary/aromatic N) is 3. The third kappa shape index (κ3) is 2.26. The number of hydrogen-bond donors (Lipinski definition) is 1. The van der Waals surface area contributed by atoms with Gasteiger partial charge in [0.2, 0.25) is 0 Å². The summed E-state index contributed by atoms with van der Waals surface area (Å²) in [6.45, 7) is 0.409. The van der Waals surface area contributed by atoms with E-state index in [1.807, 2.05) is 6.07 Å². The van der Waals surface area contributed by atoms with Gasteiger partial charge >= 0.3 is 0 Å². The van der Waals surface area contributed by atoms with Crippen LogP contribution in [0.1, 0.15) is 31.5 Å². The Labute approximate surface area is 90.5 Å². The Morgan fingerprint density at radius 3 is 2.87 bits per heavy atom. The zero-order chi connectivity index (χ0) is 10.7. The summed E-state index contributed by atoms with van der Waals surface area (Å²) in [5.41, 5.74) is 5.53. The Morgan fingerprint density at radius 1 is 1.47 bits per heavy atom. The van der Waals surface area contributed by atoms with Gasteiger partial charge in [-0.15, -0.1) is 0 Å². The van der Waals surface area contributed by atoms with Gasteiger partial charge in [-0.1, -0.05) is 12.8 Å². The van der Waals surface area contributed by atoms with E-state index in [2.05, 4.69) is 21.9 Å². The van der Waals surface area contributed by atoms with E-state index in [0.29, 0.717) is 12.6 Å². The van der Waals surface area contributed by atoms with Crippen molar-refractivity contribution in [2.24, 2.45) is 5.73 Å². The number of hydrogen-bond acceptors (Lipinski definition) is 4. The largest absolute Gasteiger partial charge is 0.357 e. The van der Waals surface area contributed by atoms with Crippen LogP contribution in [0, 0.1) is 0 Å². The lowest BCUT2D eigenvalue weighted by atomic mass is 10.2. The van der Waals surface area contributed by atoms with Crippen LogP contribution in [0.3, 0.4) is 0 Å². The van der Waals surface area contributed by atoms with Crippen LogP contribution in [0.4, 0.5) is 5.82 Å². The van der Waals surface area contributed by atoms with Gasteiger partial charge < -0.3 is 10.6 Å². The maximum atomic E-state index is 5.53. The summed E-state index contributed by atoms with van der Waals surface area (Å²) >= 11 is 0. The Bertz CT molecular complexity index is 320. The van der Waals surface area contributed by atoms with Crippen LogP contribution in [0.5, 0.6) is 0 Å². The monoisotopic (exact) mass is 206 g/mol. The second-order valence-electron chi connectivity index (χ2n) is 4.08. The van der Waals surface area contributed by atoms with Gasteiger partial charge in [0.15, 0.2) is 0 Å². The summed E-state index contributed by atoms with van der Waals surface area (Å²) < 4.78 is 0. The molecule has 0 aromatic carbocycles. The van der Waals surface area contributed by atoms with E-state index in [9.17, 15) is 0 Å². The second kappa shape index (κ2) is 4.57. The molecule has 1 aromatic rings. The molecule has 0 amide bonds. The summed E-state index contributed by atoms with van der Waals surface area (Å²) in [5, 5.41) is 0. The fourth-order valence-corrected chi connectivity index (χ4v) is 2.16. The number of aromatic nitrogens is 2. The predicted molar refractivity (Wildman–Crippen MR) is 60.6 cm³/mol. The molecule has 0 unspecified atom stereocenters. The van der Waals surface area contributed by atoms with Crippen molar-refractivity contribution in [3.8, 4) is 0 Å². The lowest BCUT2D eigenvalue weighted by molar-refractivity contribution is 0.643. The number of anilines is 1. The molecular formula is C11H18N4. The standard InChI is InChI=1S/C11H18N4/c1-15(9-4-2-3-5-9)11-6-7-13-10(8-12)14-11/h6-7,9H,2-5,8,12H2,1H3. The first-order valence-corrected chi connectivity index (χ1v) is 5.56. The maximum Gasteiger partial charge on any atom is 0.144 e. The Kier molecular flexibility index (Phi) is 3.16. The minimum absolute atomic E-state index is 0.409. The summed E-state index contributed by atoms with van der Waals surface area (Å²) in [4.78, 5) is 10.8. The molecule has 2 N–H and O–H groups in total. The van der Waals surface area contributed by atoms with Crippen molar-refractivity contribution in [1.82, 2.24) is 9.97 Å². The van der Waals surface area contributed by atoms with Crippen molar-refractivity contribution in [3.05, 3.63) is 18.1 Å². The smallest absolute Gasteiger partial charge is 0.144 e. The molecule has 1 aliphatic carbocycles. The molecule has 2 rings (SSSR count). The molecule has 15 heavy (non-hydrogen) atoms. The van der Waals surface area contributed by atoms with Gasteiger partial charge in [0, 0.05) is 19.3 Å². The minimum atomic E-state index is 0.409. The molecule has 0 atom stereocenters. The lowest BCUT2D eigenvalue weighted by Gasteiger charge is -2.25. The number of nitrogens with two attached hydrogens (primary N) is 1. The highest BCUT2D eigenvalue weighted by Crippen LogP contribution is 2.25. The average molecular weight is 206 g/mol. The second-order valence-corrected chi connectivity index (χ2v) is 4.08. The van der Waals surface area contributed by atoms with Gasteiger partial charge in [-0.05, 0) is 18.9 Å². The predicted octanol–water partition coefficient (Wildman–Crippen LogP) is 1.31. The van der Waals surface area contributed by atoms with Crippen LogP contribution in [0.25, 0.3) is 0 Å². The van der Waals surface area contributed by atoms with Crippen molar-refractivity contribution in [2.75, 3.05) is 11.9 Å². The first-order valence-electron chi connectivity index (χ1n) is 5.56. The summed E-state index contributed by atoms with van der Waals surface area (Å²) in [6, 6.07) is 2.60. The molecule has 1 heterocycles. The van der Waals surface area contributed by atoms with Crippen LogP contribution in [0.2, 0.25) is 0 Å². The van der Waals surface area contributed by atoms with Gasteiger partial charge in [0.05, 0.1) is 6.54 Å². The Balaban J connectivity index is 2.13. The molecule has 1 fully saturated rings. The van der Waals surface area contributed by atoms with Gasteiger partial charge in [0.1, 0.15) is 11.6 Å². The molecule has 4 heteroatoms.